The van der Waals surface area contributed by atoms with Gasteiger partial charge in [0, 0.05) is 35.9 Å². The number of rotatable bonds is 6. The van der Waals surface area contributed by atoms with Gasteiger partial charge in [0.1, 0.15) is 0 Å². The van der Waals surface area contributed by atoms with E-state index in [0.717, 1.165) is 45.1 Å². The van der Waals surface area contributed by atoms with Crippen LogP contribution >= 0.6 is 11.3 Å². The van der Waals surface area contributed by atoms with Crippen LogP contribution in [0.4, 0.5) is 0 Å². The van der Waals surface area contributed by atoms with Gasteiger partial charge in [-0.05, 0) is 19.1 Å². The van der Waals surface area contributed by atoms with Crippen molar-refractivity contribution in [1.29, 1.82) is 0 Å². The molecule has 1 aliphatic rings. The van der Waals surface area contributed by atoms with Crippen LogP contribution in [-0.4, -0.2) is 53.2 Å². The number of H-pyrrole nitrogens is 1. The predicted molar refractivity (Wildman–Crippen MR) is 82.3 cm³/mol. The third-order valence-corrected chi connectivity index (χ3v) is 4.79. The maximum Gasteiger partial charge on any atom is 0.0962 e. The Balaban J connectivity index is 1.63. The van der Waals surface area contributed by atoms with Gasteiger partial charge in [0.15, 0.2) is 0 Å². The molecule has 2 aromatic heterocycles. The molecular formula is C14H21N5OS. The Kier molecular flexibility index (Phi) is 4.97. The second kappa shape index (κ2) is 7.13. The SMILES string of the molecule is Cc1ccc(C(CNCc2cn[nH]n2)N2CCOCC2)s1. The van der Waals surface area contributed by atoms with Crippen LogP contribution in [0, 0.1) is 6.92 Å². The van der Waals surface area contributed by atoms with Crippen molar-refractivity contribution in [1.82, 2.24) is 25.6 Å². The Hall–Kier alpha value is -1.28. The van der Waals surface area contributed by atoms with E-state index in [-0.39, 0.29) is 0 Å². The molecule has 0 aliphatic carbocycles. The summed E-state index contributed by atoms with van der Waals surface area (Å²) in [6, 6.07) is 4.85. The van der Waals surface area contributed by atoms with E-state index in [0.29, 0.717) is 6.04 Å². The zero-order valence-electron chi connectivity index (χ0n) is 12.2. The van der Waals surface area contributed by atoms with Crippen LogP contribution < -0.4 is 5.32 Å². The van der Waals surface area contributed by atoms with Crippen LogP contribution in [-0.2, 0) is 11.3 Å². The largest absolute Gasteiger partial charge is 0.379 e. The Labute approximate surface area is 128 Å². The van der Waals surface area contributed by atoms with Gasteiger partial charge in [0.2, 0.25) is 0 Å². The molecule has 0 saturated carbocycles. The molecule has 1 atom stereocenters. The first-order chi connectivity index (χ1) is 10.3. The normalized spacial score (nSPS) is 18.0. The van der Waals surface area contributed by atoms with E-state index in [2.05, 4.69) is 44.7 Å². The average Bonchev–Trinajstić information content (AvgIpc) is 3.16. The van der Waals surface area contributed by atoms with Gasteiger partial charge < -0.3 is 10.1 Å². The Bertz CT molecular complexity index is 535. The van der Waals surface area contributed by atoms with Gasteiger partial charge in [-0.15, -0.1) is 11.3 Å². The highest BCUT2D eigenvalue weighted by atomic mass is 32.1. The highest BCUT2D eigenvalue weighted by Crippen LogP contribution is 2.27. The molecule has 6 nitrogen and oxygen atoms in total. The van der Waals surface area contributed by atoms with Crippen molar-refractivity contribution in [2.24, 2.45) is 0 Å². The summed E-state index contributed by atoms with van der Waals surface area (Å²) < 4.78 is 5.47. The monoisotopic (exact) mass is 307 g/mol. The molecule has 3 rings (SSSR count). The van der Waals surface area contributed by atoms with Crippen molar-refractivity contribution in [3.05, 3.63) is 33.8 Å². The van der Waals surface area contributed by atoms with E-state index in [1.54, 1.807) is 6.20 Å². The van der Waals surface area contributed by atoms with Crippen LogP contribution in [0.3, 0.4) is 0 Å². The van der Waals surface area contributed by atoms with E-state index in [1.165, 1.54) is 9.75 Å². The van der Waals surface area contributed by atoms with Gasteiger partial charge in [0.05, 0.1) is 31.1 Å². The van der Waals surface area contributed by atoms with E-state index >= 15 is 0 Å². The summed E-state index contributed by atoms with van der Waals surface area (Å²) in [4.78, 5) is 5.28. The number of nitrogens with one attached hydrogen (secondary N) is 2. The van der Waals surface area contributed by atoms with Gasteiger partial charge in [-0.3, -0.25) is 4.90 Å². The van der Waals surface area contributed by atoms with Gasteiger partial charge in [-0.25, -0.2) is 0 Å². The minimum Gasteiger partial charge on any atom is -0.379 e. The number of aromatic nitrogens is 3. The Morgan fingerprint density at radius 2 is 2.29 bits per heavy atom. The van der Waals surface area contributed by atoms with E-state index in [1.807, 2.05) is 11.3 Å². The molecular weight excluding hydrogens is 286 g/mol. The summed E-state index contributed by atoms with van der Waals surface area (Å²) in [5, 5.41) is 14.0. The van der Waals surface area contributed by atoms with Gasteiger partial charge in [0.25, 0.3) is 0 Å². The fourth-order valence-electron chi connectivity index (χ4n) is 2.58. The Morgan fingerprint density at radius 1 is 1.43 bits per heavy atom. The average molecular weight is 307 g/mol. The van der Waals surface area contributed by atoms with Crippen molar-refractivity contribution >= 4 is 11.3 Å². The lowest BCUT2D eigenvalue weighted by Gasteiger charge is -2.34. The van der Waals surface area contributed by atoms with Crippen molar-refractivity contribution < 1.29 is 4.74 Å². The lowest BCUT2D eigenvalue weighted by Crippen LogP contribution is -2.42. The standard InChI is InChI=1S/C14H21N5OS/c1-11-2-3-14(21-11)13(19-4-6-20-7-5-19)10-15-8-12-9-16-18-17-12/h2-3,9,13,15H,4-8,10H2,1H3,(H,16,17,18). The zero-order chi connectivity index (χ0) is 14.5. The summed E-state index contributed by atoms with van der Waals surface area (Å²) in [5.41, 5.74) is 0.943. The van der Waals surface area contributed by atoms with Crippen LogP contribution in [0.5, 0.6) is 0 Å². The topological polar surface area (TPSA) is 66.1 Å². The maximum atomic E-state index is 5.47. The van der Waals surface area contributed by atoms with Crippen molar-refractivity contribution in [2.75, 3.05) is 32.8 Å². The second-order valence-corrected chi connectivity index (χ2v) is 6.52. The molecule has 0 aromatic carbocycles. The summed E-state index contributed by atoms with van der Waals surface area (Å²) >= 11 is 1.88. The van der Waals surface area contributed by atoms with Crippen LogP contribution in [0.15, 0.2) is 18.3 Å². The number of aryl methyl sites for hydroxylation is 1. The first-order valence-electron chi connectivity index (χ1n) is 7.26. The number of hydrogen-bond acceptors (Lipinski definition) is 6. The molecule has 0 bridgehead atoms. The van der Waals surface area contributed by atoms with E-state index in [9.17, 15) is 0 Å². The Morgan fingerprint density at radius 3 is 2.95 bits per heavy atom. The second-order valence-electron chi connectivity index (χ2n) is 5.20. The molecule has 2 N–H and O–H groups in total. The third-order valence-electron chi connectivity index (χ3n) is 3.68. The molecule has 1 unspecified atom stereocenters. The number of hydrogen-bond donors (Lipinski definition) is 2. The number of ether oxygens (including phenoxy) is 1. The molecule has 1 fully saturated rings. The molecule has 1 aliphatic heterocycles. The van der Waals surface area contributed by atoms with Gasteiger partial charge in [-0.2, -0.15) is 15.4 Å². The number of thiophene rings is 1. The van der Waals surface area contributed by atoms with E-state index in [4.69, 9.17) is 4.74 Å². The molecule has 0 amide bonds. The minimum absolute atomic E-state index is 0.402. The van der Waals surface area contributed by atoms with Crippen molar-refractivity contribution in [3.8, 4) is 0 Å². The zero-order valence-corrected chi connectivity index (χ0v) is 13.0. The smallest absolute Gasteiger partial charge is 0.0962 e. The van der Waals surface area contributed by atoms with Crippen LogP contribution in [0.25, 0.3) is 0 Å². The first kappa shape index (κ1) is 14.6. The molecule has 21 heavy (non-hydrogen) atoms. The molecule has 1 saturated heterocycles. The number of morpholine rings is 1. The lowest BCUT2D eigenvalue weighted by atomic mass is 10.2. The molecule has 0 spiro atoms. The highest BCUT2D eigenvalue weighted by molar-refractivity contribution is 7.12. The number of nitrogens with zero attached hydrogens (tertiary/aromatic N) is 3. The predicted octanol–water partition coefficient (Wildman–Crippen LogP) is 1.34. The summed E-state index contributed by atoms with van der Waals surface area (Å²) in [5.74, 6) is 0. The van der Waals surface area contributed by atoms with Gasteiger partial charge >= 0.3 is 0 Å². The molecule has 2 aromatic rings. The summed E-state index contributed by atoms with van der Waals surface area (Å²) in [7, 11) is 0. The fourth-order valence-corrected chi connectivity index (χ4v) is 3.59. The maximum absolute atomic E-state index is 5.47. The molecule has 114 valence electrons. The molecule has 3 heterocycles. The summed E-state index contributed by atoms with van der Waals surface area (Å²) in [6.45, 7) is 7.44. The van der Waals surface area contributed by atoms with Gasteiger partial charge in [-0.1, -0.05) is 0 Å². The van der Waals surface area contributed by atoms with Crippen molar-refractivity contribution in [2.45, 2.75) is 19.5 Å². The third kappa shape index (κ3) is 3.88. The van der Waals surface area contributed by atoms with Crippen LogP contribution in [0.1, 0.15) is 21.5 Å². The fraction of sp³-hybridized carbons (Fsp3) is 0.571. The highest BCUT2D eigenvalue weighted by Gasteiger charge is 2.23. The lowest BCUT2D eigenvalue weighted by molar-refractivity contribution is 0.0168. The van der Waals surface area contributed by atoms with E-state index < -0.39 is 0 Å². The minimum atomic E-state index is 0.402. The molecule has 7 heteroatoms. The van der Waals surface area contributed by atoms with Crippen LogP contribution in [0.2, 0.25) is 0 Å². The quantitative estimate of drug-likeness (QED) is 0.843. The number of aromatic amines is 1. The van der Waals surface area contributed by atoms with Crippen molar-refractivity contribution in [3.63, 3.8) is 0 Å². The first-order valence-corrected chi connectivity index (χ1v) is 8.08. The molecule has 0 radical (unpaired) electrons. The summed E-state index contributed by atoms with van der Waals surface area (Å²) in [6.07, 6.45) is 1.76.